The van der Waals surface area contributed by atoms with Crippen molar-refractivity contribution < 1.29 is 94.8 Å². The van der Waals surface area contributed by atoms with Crippen molar-refractivity contribution in [2.24, 2.45) is 14.1 Å². The molecule has 66 heavy (non-hydrogen) atoms. The Hall–Kier alpha value is -3.26. The van der Waals surface area contributed by atoms with Crippen molar-refractivity contribution in [3.63, 3.8) is 0 Å². The summed E-state index contributed by atoms with van der Waals surface area (Å²) < 4.78 is 13.4. The zero-order chi connectivity index (χ0) is 44.8. The number of aromatic nitrogens is 2. The van der Waals surface area contributed by atoms with E-state index in [9.17, 15) is 0 Å². The summed E-state index contributed by atoms with van der Waals surface area (Å²) in [6.07, 6.45) is 11.8. The van der Waals surface area contributed by atoms with Gasteiger partial charge in [-0.05, 0) is 108 Å². The fourth-order valence-electron chi connectivity index (χ4n) is 8.40. The second-order valence-corrected chi connectivity index (χ2v) is 19.2. The molecule has 12 heteroatoms. The molecule has 8 aromatic rings. The first-order chi connectivity index (χ1) is 30.9. The van der Waals surface area contributed by atoms with E-state index in [1.807, 2.05) is 29.5 Å². The summed E-state index contributed by atoms with van der Waals surface area (Å²) in [4.78, 5) is 6.55. The number of rotatable bonds is 7. The van der Waals surface area contributed by atoms with Crippen LogP contribution in [0.1, 0.15) is 41.4 Å². The first-order valence-corrected chi connectivity index (χ1v) is 23.9. The van der Waals surface area contributed by atoms with Crippen molar-refractivity contribution >= 4 is 106 Å². The van der Waals surface area contributed by atoms with Crippen molar-refractivity contribution in [3.05, 3.63) is 176 Å². The van der Waals surface area contributed by atoms with Gasteiger partial charge in [-0.25, -0.2) is 0 Å². The molecule has 0 saturated heterocycles. The molecule has 0 radical (unpaired) electrons. The first kappa shape index (κ1) is 50.6. The minimum absolute atomic E-state index is 0. The summed E-state index contributed by atoms with van der Waals surface area (Å²) in [5, 5.41) is 6.02. The van der Waals surface area contributed by atoms with E-state index in [4.69, 9.17) is 27.9 Å². The van der Waals surface area contributed by atoms with E-state index >= 15 is 0 Å². The van der Waals surface area contributed by atoms with Gasteiger partial charge in [0.15, 0.2) is 5.75 Å². The van der Waals surface area contributed by atoms with Gasteiger partial charge in [0, 0.05) is 51.0 Å². The van der Waals surface area contributed by atoms with Gasteiger partial charge < -0.3 is 19.4 Å². The van der Waals surface area contributed by atoms with Crippen molar-refractivity contribution in [1.82, 2.24) is 0 Å². The van der Waals surface area contributed by atoms with Crippen LogP contribution in [0.4, 0.5) is 17.1 Å². The van der Waals surface area contributed by atoms with Crippen LogP contribution >= 0.6 is 45.9 Å². The number of anilines is 3. The van der Waals surface area contributed by atoms with Crippen LogP contribution in [0.5, 0.6) is 5.75 Å². The number of aryl methyl sites for hydroxylation is 4. The van der Waals surface area contributed by atoms with Crippen molar-refractivity contribution in [2.75, 3.05) is 35.3 Å². The number of ether oxygens (including phenoxy) is 1. The Kier molecular flexibility index (Phi) is 16.5. The Bertz CT molecular complexity index is 3250. The van der Waals surface area contributed by atoms with E-state index in [1.165, 1.54) is 69.0 Å². The zero-order valence-electron chi connectivity index (χ0n) is 39.4. The van der Waals surface area contributed by atoms with Crippen molar-refractivity contribution in [1.29, 1.82) is 0 Å². The maximum Gasteiger partial charge on any atom is 1.00 e. The zero-order valence-corrected chi connectivity index (χ0v) is 47.7. The third-order valence-electron chi connectivity index (χ3n) is 12.3. The molecule has 0 spiro atoms. The molecule has 0 saturated carbocycles. The average Bonchev–Trinajstić information content (AvgIpc) is 3.97. The molecule has 6 aromatic carbocycles. The van der Waals surface area contributed by atoms with Gasteiger partial charge in [0.1, 0.15) is 29.3 Å². The smallest absolute Gasteiger partial charge is 0.439 e. The van der Waals surface area contributed by atoms with Crippen molar-refractivity contribution in [2.45, 2.75) is 34.1 Å². The van der Waals surface area contributed by atoms with Gasteiger partial charge in [0.25, 0.3) is 10.0 Å². The molecule has 2 aliphatic heterocycles. The third kappa shape index (κ3) is 10.1. The maximum absolute atomic E-state index is 6.29. The topological polar surface area (TPSA) is 26.7 Å². The van der Waals surface area contributed by atoms with E-state index in [2.05, 4.69) is 201 Å². The van der Waals surface area contributed by atoms with Crippen LogP contribution in [0.2, 0.25) is 10.0 Å². The molecule has 4 heterocycles. The predicted molar refractivity (Wildman–Crippen MR) is 275 cm³/mol. The van der Waals surface area contributed by atoms with Gasteiger partial charge >= 0.3 is 80.9 Å². The maximum atomic E-state index is 6.29. The van der Waals surface area contributed by atoms with Gasteiger partial charge in [-0.2, -0.15) is 9.13 Å². The molecule has 0 fully saturated rings. The molecule has 0 bridgehead atoms. The molecule has 0 aliphatic carbocycles. The summed E-state index contributed by atoms with van der Waals surface area (Å²) in [5.41, 5.74) is 12.2. The quantitative estimate of drug-likeness (QED) is 0.119. The van der Waals surface area contributed by atoms with Crippen LogP contribution < -0.4 is 110 Å². The number of hydrogen-bond donors (Lipinski definition) is 0. The summed E-state index contributed by atoms with van der Waals surface area (Å²) in [6.45, 7) is 9.53. The van der Waals surface area contributed by atoms with Crippen LogP contribution in [0, 0.1) is 13.8 Å². The van der Waals surface area contributed by atoms with Crippen LogP contribution in [-0.2, 0) is 14.1 Å². The van der Waals surface area contributed by atoms with Crippen LogP contribution in [0.15, 0.2) is 145 Å². The molecule has 0 N–H and O–H groups in total. The Morgan fingerprint density at radius 3 is 2.03 bits per heavy atom. The Morgan fingerprint density at radius 1 is 0.682 bits per heavy atom. The molecule has 0 atom stereocenters. The molecule has 10 rings (SSSR count). The van der Waals surface area contributed by atoms with Gasteiger partial charge in [-0.3, -0.25) is 0 Å². The first-order valence-electron chi connectivity index (χ1n) is 21.6. The SMILES string of the molecule is CCC(=Cc1sc2cc(C)c(C)cc2[n+]1C)C=C1Oc2cc3ccccc3cc2N1C.CCN1C(=CC=Cc2sc3ccc(-c4ccccc4)cc3[n+]2C)N(C)c2cc(Cl)c(Cl)cc21.[K+].[Na+]. The molecule has 0 unspecified atom stereocenters. The standard InChI is InChI=1S/C27H24Cl2N3S.C27H27N2OS.K.Na/c1-4-32-23-17-21(29)20(28)16-22(23)30(2)26(32)11-8-12-27-31(3)24-15-19(13-14-25(24)33-27)18-9-6-5-7-10-18;1-6-19(14-27-29(5)23-11-17(2)18(3)12-25(23)31-27)13-26-28(4)22-15-20-9-7-8-10-21(20)16-24(22)30-26;;/h5-17H,4H2,1-3H3;7-16H,6H2,1-5H3;;/q4*+1. The second-order valence-electron chi connectivity index (χ2n) is 16.3. The molecular formula is C54H51Cl2KN5NaOS2+4. The number of thiazole rings is 2. The van der Waals surface area contributed by atoms with Crippen LogP contribution in [-0.4, -0.2) is 20.6 Å². The van der Waals surface area contributed by atoms with Gasteiger partial charge in [-0.1, -0.05) is 120 Å². The number of fused-ring (bicyclic) bond motifs is 5. The number of hydrogen-bond acceptors (Lipinski definition) is 6. The second kappa shape index (κ2) is 21.6. The van der Waals surface area contributed by atoms with Gasteiger partial charge in [0.05, 0.1) is 27.1 Å². The monoisotopic (exact) mass is 981 g/mol. The molecule has 2 aromatic heterocycles. The normalized spacial score (nSPS) is 14.5. The van der Waals surface area contributed by atoms with E-state index in [0.717, 1.165) is 47.5 Å². The van der Waals surface area contributed by atoms with E-state index < -0.39 is 0 Å². The molecule has 6 nitrogen and oxygen atoms in total. The van der Waals surface area contributed by atoms with Crippen LogP contribution in [0.25, 0.3) is 54.5 Å². The van der Waals surface area contributed by atoms with Gasteiger partial charge in [0.2, 0.25) is 16.9 Å². The number of nitrogens with zero attached hydrogens (tertiary/aromatic N) is 5. The van der Waals surface area contributed by atoms with E-state index in [0.29, 0.717) is 10.0 Å². The third-order valence-corrected chi connectivity index (χ3v) is 15.4. The number of halogens is 2. The Balaban J connectivity index is 0.000000191. The summed E-state index contributed by atoms with van der Waals surface area (Å²) in [7, 11) is 8.41. The summed E-state index contributed by atoms with van der Waals surface area (Å²) in [5.74, 6) is 2.88. The van der Waals surface area contributed by atoms with Crippen LogP contribution in [0.3, 0.4) is 0 Å². The minimum atomic E-state index is 0. The summed E-state index contributed by atoms with van der Waals surface area (Å²) in [6, 6.07) is 38.4. The number of benzene rings is 6. The molecule has 0 amide bonds. The van der Waals surface area contributed by atoms with E-state index in [1.54, 1.807) is 11.3 Å². The minimum Gasteiger partial charge on any atom is -0.439 e. The predicted octanol–water partition coefficient (Wildman–Crippen LogP) is 8.20. The van der Waals surface area contributed by atoms with E-state index in [-0.39, 0.29) is 80.9 Å². The fourth-order valence-corrected chi connectivity index (χ4v) is 11.0. The fraction of sp³-hybridized carbons (Fsp3) is 0.185. The molecular weight excluding hydrogens is 932 g/mol. The number of allylic oxidation sites excluding steroid dienone is 4. The Labute approximate surface area is 471 Å². The summed E-state index contributed by atoms with van der Waals surface area (Å²) >= 11 is 16.2. The van der Waals surface area contributed by atoms with Gasteiger partial charge in [-0.15, -0.1) is 0 Å². The molecule has 2 aliphatic rings. The Morgan fingerprint density at radius 2 is 1.32 bits per heavy atom. The largest absolute Gasteiger partial charge is 1.00 e. The molecule has 322 valence electrons. The average molecular weight is 983 g/mol. The van der Waals surface area contributed by atoms with Crippen molar-refractivity contribution in [3.8, 4) is 16.9 Å².